The third-order valence-electron chi connectivity index (χ3n) is 4.68. The lowest BCUT2D eigenvalue weighted by Crippen LogP contribution is -2.46. The van der Waals surface area contributed by atoms with Crippen molar-refractivity contribution in [2.75, 3.05) is 40.3 Å². The van der Waals surface area contributed by atoms with E-state index in [1.165, 1.54) is 25.7 Å². The van der Waals surface area contributed by atoms with Crippen LogP contribution in [0, 0.1) is 11.8 Å². The SMILES string of the molecule is CCNC(=NCC(C1CC1)N(C)C)N1CCC(C)CC1. The number of piperidine rings is 1. The van der Waals surface area contributed by atoms with Gasteiger partial charge in [-0.3, -0.25) is 4.99 Å². The normalized spacial score (nSPS) is 23.2. The molecule has 0 bridgehead atoms. The van der Waals surface area contributed by atoms with Crippen molar-refractivity contribution in [3.63, 3.8) is 0 Å². The van der Waals surface area contributed by atoms with E-state index in [1.54, 1.807) is 0 Å². The highest BCUT2D eigenvalue weighted by Crippen LogP contribution is 2.34. The fourth-order valence-corrected chi connectivity index (χ4v) is 3.04. The molecule has 2 aliphatic rings. The highest BCUT2D eigenvalue weighted by molar-refractivity contribution is 5.80. The largest absolute Gasteiger partial charge is 0.357 e. The van der Waals surface area contributed by atoms with Gasteiger partial charge in [-0.1, -0.05) is 6.92 Å². The Morgan fingerprint density at radius 3 is 2.40 bits per heavy atom. The van der Waals surface area contributed by atoms with E-state index < -0.39 is 0 Å². The first-order valence-corrected chi connectivity index (χ1v) is 8.31. The van der Waals surface area contributed by atoms with Crippen molar-refractivity contribution in [1.82, 2.24) is 15.1 Å². The van der Waals surface area contributed by atoms with Gasteiger partial charge in [0.2, 0.25) is 0 Å². The molecule has 1 aliphatic heterocycles. The third-order valence-corrected chi connectivity index (χ3v) is 4.68. The van der Waals surface area contributed by atoms with Crippen LogP contribution in [-0.2, 0) is 0 Å². The molecule has 116 valence electrons. The molecule has 1 atom stereocenters. The van der Waals surface area contributed by atoms with E-state index in [2.05, 4.69) is 43.1 Å². The van der Waals surface area contributed by atoms with E-state index in [0.717, 1.165) is 44.0 Å². The van der Waals surface area contributed by atoms with Crippen molar-refractivity contribution in [2.45, 2.75) is 45.6 Å². The van der Waals surface area contributed by atoms with Gasteiger partial charge in [-0.25, -0.2) is 0 Å². The average Bonchev–Trinajstić information content (AvgIpc) is 3.23. The molecule has 1 unspecified atom stereocenters. The van der Waals surface area contributed by atoms with Gasteiger partial charge in [0.05, 0.1) is 6.54 Å². The number of likely N-dealkylation sites (N-methyl/N-ethyl adjacent to an activating group) is 1. The minimum atomic E-state index is 0.618. The molecule has 1 saturated heterocycles. The van der Waals surface area contributed by atoms with Crippen LogP contribution in [0.1, 0.15) is 39.5 Å². The number of hydrogen-bond acceptors (Lipinski definition) is 2. The first kappa shape index (κ1) is 15.6. The summed E-state index contributed by atoms with van der Waals surface area (Å²) in [7, 11) is 4.38. The predicted molar refractivity (Wildman–Crippen MR) is 86.1 cm³/mol. The van der Waals surface area contributed by atoms with E-state index >= 15 is 0 Å². The fraction of sp³-hybridized carbons (Fsp3) is 0.938. The van der Waals surface area contributed by atoms with Gasteiger partial charge in [-0.15, -0.1) is 0 Å². The topological polar surface area (TPSA) is 30.9 Å². The molecule has 1 N–H and O–H groups in total. The number of aliphatic imine (C=N–C) groups is 1. The molecule has 2 fully saturated rings. The van der Waals surface area contributed by atoms with Crippen molar-refractivity contribution >= 4 is 5.96 Å². The Morgan fingerprint density at radius 2 is 1.90 bits per heavy atom. The van der Waals surface area contributed by atoms with Crippen LogP contribution in [0.25, 0.3) is 0 Å². The Morgan fingerprint density at radius 1 is 1.25 bits per heavy atom. The van der Waals surface area contributed by atoms with Gasteiger partial charge in [-0.2, -0.15) is 0 Å². The summed E-state index contributed by atoms with van der Waals surface area (Å²) in [5, 5.41) is 3.48. The first-order valence-electron chi connectivity index (χ1n) is 8.31. The molecule has 1 aliphatic carbocycles. The summed E-state index contributed by atoms with van der Waals surface area (Å²) in [6.45, 7) is 8.72. The molecule has 4 nitrogen and oxygen atoms in total. The van der Waals surface area contributed by atoms with Crippen LogP contribution in [-0.4, -0.2) is 62.1 Å². The fourth-order valence-electron chi connectivity index (χ4n) is 3.04. The summed E-state index contributed by atoms with van der Waals surface area (Å²) < 4.78 is 0. The molecule has 0 aromatic heterocycles. The zero-order chi connectivity index (χ0) is 14.5. The second-order valence-corrected chi connectivity index (χ2v) is 6.73. The molecule has 4 heteroatoms. The molecule has 2 rings (SSSR count). The molecule has 0 spiro atoms. The first-order chi connectivity index (χ1) is 9.61. The zero-order valence-corrected chi connectivity index (χ0v) is 13.7. The lowest BCUT2D eigenvalue weighted by atomic mass is 9.99. The van der Waals surface area contributed by atoms with Gasteiger partial charge in [0.15, 0.2) is 5.96 Å². The molecule has 0 aromatic carbocycles. The highest BCUT2D eigenvalue weighted by Gasteiger charge is 2.32. The van der Waals surface area contributed by atoms with Crippen LogP contribution in [0.2, 0.25) is 0 Å². The molecule has 1 saturated carbocycles. The zero-order valence-electron chi connectivity index (χ0n) is 13.7. The van der Waals surface area contributed by atoms with Crippen LogP contribution in [0.3, 0.4) is 0 Å². The molecular formula is C16H32N4. The minimum Gasteiger partial charge on any atom is -0.357 e. The summed E-state index contributed by atoms with van der Waals surface area (Å²) in [5.74, 6) is 2.88. The maximum absolute atomic E-state index is 4.93. The van der Waals surface area contributed by atoms with Crippen LogP contribution >= 0.6 is 0 Å². The van der Waals surface area contributed by atoms with Crippen LogP contribution in [0.5, 0.6) is 0 Å². The van der Waals surface area contributed by atoms with E-state index in [9.17, 15) is 0 Å². The molecule has 0 aromatic rings. The Kier molecular flexibility index (Phi) is 5.70. The molecular weight excluding hydrogens is 248 g/mol. The number of guanidine groups is 1. The summed E-state index contributed by atoms with van der Waals surface area (Å²) in [6.07, 6.45) is 5.36. The standard InChI is InChI=1S/C16H32N4/c1-5-17-16(20-10-8-13(2)9-11-20)18-12-15(19(3)4)14-6-7-14/h13-15H,5-12H2,1-4H3,(H,17,18). The quantitative estimate of drug-likeness (QED) is 0.617. The van der Waals surface area contributed by atoms with Crippen molar-refractivity contribution in [1.29, 1.82) is 0 Å². The Bertz CT molecular complexity index is 312. The number of nitrogens with one attached hydrogen (secondary N) is 1. The number of rotatable bonds is 5. The summed E-state index contributed by atoms with van der Waals surface area (Å²) in [6, 6.07) is 0.618. The van der Waals surface area contributed by atoms with Crippen molar-refractivity contribution in [2.24, 2.45) is 16.8 Å². The highest BCUT2D eigenvalue weighted by atomic mass is 15.3. The smallest absolute Gasteiger partial charge is 0.193 e. The monoisotopic (exact) mass is 280 g/mol. The summed E-state index contributed by atoms with van der Waals surface area (Å²) in [5.41, 5.74) is 0. The van der Waals surface area contributed by atoms with Crippen LogP contribution in [0.4, 0.5) is 0 Å². The Labute approximate surface area is 124 Å². The minimum absolute atomic E-state index is 0.618. The Hall–Kier alpha value is -0.770. The summed E-state index contributed by atoms with van der Waals surface area (Å²) in [4.78, 5) is 9.73. The third kappa shape index (κ3) is 4.37. The van der Waals surface area contributed by atoms with Crippen LogP contribution < -0.4 is 5.32 Å². The second-order valence-electron chi connectivity index (χ2n) is 6.73. The summed E-state index contributed by atoms with van der Waals surface area (Å²) >= 11 is 0. The number of likely N-dealkylation sites (tertiary alicyclic amines) is 1. The van der Waals surface area contributed by atoms with Crippen molar-refractivity contribution < 1.29 is 0 Å². The molecule has 20 heavy (non-hydrogen) atoms. The van der Waals surface area contributed by atoms with E-state index in [4.69, 9.17) is 4.99 Å². The van der Waals surface area contributed by atoms with Gasteiger partial charge in [0, 0.05) is 25.7 Å². The van der Waals surface area contributed by atoms with E-state index in [1.807, 2.05) is 0 Å². The lowest BCUT2D eigenvalue weighted by Gasteiger charge is -2.33. The van der Waals surface area contributed by atoms with Crippen molar-refractivity contribution in [3.05, 3.63) is 0 Å². The predicted octanol–water partition coefficient (Wildman–Crippen LogP) is 2.02. The van der Waals surface area contributed by atoms with Gasteiger partial charge >= 0.3 is 0 Å². The van der Waals surface area contributed by atoms with Gasteiger partial charge in [-0.05, 0) is 58.5 Å². The van der Waals surface area contributed by atoms with E-state index in [0.29, 0.717) is 6.04 Å². The molecule has 0 amide bonds. The Balaban J connectivity index is 1.94. The maximum atomic E-state index is 4.93. The molecule has 0 radical (unpaired) electrons. The van der Waals surface area contributed by atoms with Gasteiger partial charge < -0.3 is 15.1 Å². The average molecular weight is 280 g/mol. The lowest BCUT2D eigenvalue weighted by molar-refractivity contribution is 0.261. The van der Waals surface area contributed by atoms with Gasteiger partial charge in [0.1, 0.15) is 0 Å². The maximum Gasteiger partial charge on any atom is 0.193 e. The van der Waals surface area contributed by atoms with Crippen LogP contribution in [0.15, 0.2) is 4.99 Å². The second kappa shape index (κ2) is 7.30. The molecule has 1 heterocycles. The van der Waals surface area contributed by atoms with E-state index in [-0.39, 0.29) is 0 Å². The van der Waals surface area contributed by atoms with Crippen molar-refractivity contribution in [3.8, 4) is 0 Å². The number of nitrogens with zero attached hydrogens (tertiary/aromatic N) is 3. The van der Waals surface area contributed by atoms with Gasteiger partial charge in [0.25, 0.3) is 0 Å². The number of hydrogen-bond donors (Lipinski definition) is 1.